The molecule has 0 bridgehead atoms. The van der Waals surface area contributed by atoms with Gasteiger partial charge in [0.15, 0.2) is 6.61 Å². The first-order valence-electron chi connectivity index (χ1n) is 7.69. The highest BCUT2D eigenvalue weighted by molar-refractivity contribution is 5.97. The molecule has 120 valence electrons. The average molecular weight is 305 g/mol. The zero-order valence-corrected chi connectivity index (χ0v) is 13.2. The first kappa shape index (κ1) is 16.3. The summed E-state index contributed by atoms with van der Waals surface area (Å²) < 4.78 is 9.98. The number of carbonyl (C=O) groups is 2. The lowest BCUT2D eigenvalue weighted by molar-refractivity contribution is -0.142. The Labute approximate surface area is 131 Å². The number of ether oxygens (including phenoxy) is 2. The van der Waals surface area contributed by atoms with Crippen LogP contribution in [0.1, 0.15) is 42.5 Å². The standard InChI is InChI=1S/C17H23NO4/c1-18(13-8-4-3-5-9-13)17(20)14-10-6-7-11-15(14)22-12-16(19)21-2/h6-7,10-11,13H,3-5,8-9,12H2,1-2H3. The lowest BCUT2D eigenvalue weighted by Gasteiger charge is -2.31. The molecular formula is C17H23NO4. The molecule has 5 nitrogen and oxygen atoms in total. The van der Waals surface area contributed by atoms with Crippen molar-refractivity contribution in [1.29, 1.82) is 0 Å². The molecule has 1 fully saturated rings. The smallest absolute Gasteiger partial charge is 0.343 e. The van der Waals surface area contributed by atoms with Crippen molar-refractivity contribution in [3.63, 3.8) is 0 Å². The number of hydrogen-bond donors (Lipinski definition) is 0. The SMILES string of the molecule is COC(=O)COc1ccccc1C(=O)N(C)C1CCCCC1. The van der Waals surface area contributed by atoms with Crippen LogP contribution in [-0.2, 0) is 9.53 Å². The second-order valence-electron chi connectivity index (χ2n) is 5.57. The van der Waals surface area contributed by atoms with E-state index in [0.717, 1.165) is 12.8 Å². The van der Waals surface area contributed by atoms with Crippen molar-refractivity contribution in [1.82, 2.24) is 4.90 Å². The molecule has 0 aromatic heterocycles. The molecule has 0 radical (unpaired) electrons. The number of para-hydroxylation sites is 1. The van der Waals surface area contributed by atoms with E-state index in [4.69, 9.17) is 4.74 Å². The monoisotopic (exact) mass is 305 g/mol. The van der Waals surface area contributed by atoms with Crippen LogP contribution >= 0.6 is 0 Å². The van der Waals surface area contributed by atoms with Crippen molar-refractivity contribution in [3.8, 4) is 5.75 Å². The molecule has 1 aromatic rings. The number of nitrogens with zero attached hydrogens (tertiary/aromatic N) is 1. The maximum absolute atomic E-state index is 12.7. The summed E-state index contributed by atoms with van der Waals surface area (Å²) in [6.45, 7) is -0.200. The summed E-state index contributed by atoms with van der Waals surface area (Å²) >= 11 is 0. The van der Waals surface area contributed by atoms with E-state index in [1.807, 2.05) is 7.05 Å². The lowest BCUT2D eigenvalue weighted by atomic mass is 9.94. The van der Waals surface area contributed by atoms with Crippen molar-refractivity contribution in [2.45, 2.75) is 38.1 Å². The van der Waals surface area contributed by atoms with Gasteiger partial charge in [0.05, 0.1) is 12.7 Å². The summed E-state index contributed by atoms with van der Waals surface area (Å²) in [5.74, 6) is -0.115. The fraction of sp³-hybridized carbons (Fsp3) is 0.529. The number of esters is 1. The Morgan fingerprint density at radius 2 is 1.86 bits per heavy atom. The second-order valence-corrected chi connectivity index (χ2v) is 5.57. The fourth-order valence-electron chi connectivity index (χ4n) is 2.79. The molecule has 1 aromatic carbocycles. The predicted octanol–water partition coefficient (Wildman–Crippen LogP) is 2.64. The van der Waals surface area contributed by atoms with Gasteiger partial charge in [0.25, 0.3) is 5.91 Å². The van der Waals surface area contributed by atoms with Crippen molar-refractivity contribution in [2.75, 3.05) is 20.8 Å². The predicted molar refractivity (Wildman–Crippen MR) is 82.9 cm³/mol. The van der Waals surface area contributed by atoms with Gasteiger partial charge in [-0.1, -0.05) is 31.4 Å². The van der Waals surface area contributed by atoms with E-state index >= 15 is 0 Å². The second kappa shape index (κ2) is 7.82. The van der Waals surface area contributed by atoms with Crippen molar-refractivity contribution < 1.29 is 19.1 Å². The fourth-order valence-corrected chi connectivity index (χ4v) is 2.79. The molecule has 0 aliphatic heterocycles. The van der Waals surface area contributed by atoms with E-state index in [-0.39, 0.29) is 18.6 Å². The molecule has 22 heavy (non-hydrogen) atoms. The molecule has 0 unspecified atom stereocenters. The van der Waals surface area contributed by atoms with Gasteiger partial charge in [-0.25, -0.2) is 4.79 Å². The maximum atomic E-state index is 12.7. The average Bonchev–Trinajstić information content (AvgIpc) is 2.59. The molecule has 2 rings (SSSR count). The van der Waals surface area contributed by atoms with Crippen LogP contribution in [0, 0.1) is 0 Å². The first-order valence-corrected chi connectivity index (χ1v) is 7.69. The molecular weight excluding hydrogens is 282 g/mol. The Bertz CT molecular complexity index is 523. The van der Waals surface area contributed by atoms with Crippen LogP contribution < -0.4 is 4.74 Å². The minimum absolute atomic E-state index is 0.0626. The van der Waals surface area contributed by atoms with E-state index in [2.05, 4.69) is 4.74 Å². The van der Waals surface area contributed by atoms with Gasteiger partial charge in [-0.15, -0.1) is 0 Å². The number of carbonyl (C=O) groups excluding carboxylic acids is 2. The maximum Gasteiger partial charge on any atom is 0.343 e. The molecule has 1 aliphatic rings. The van der Waals surface area contributed by atoms with Gasteiger partial charge in [0.1, 0.15) is 5.75 Å². The van der Waals surface area contributed by atoms with Gasteiger partial charge in [-0.2, -0.15) is 0 Å². The minimum atomic E-state index is -0.470. The number of rotatable bonds is 5. The molecule has 0 N–H and O–H groups in total. The highest BCUT2D eigenvalue weighted by atomic mass is 16.6. The van der Waals surface area contributed by atoms with E-state index < -0.39 is 5.97 Å². The van der Waals surface area contributed by atoms with Crippen molar-refractivity contribution in [3.05, 3.63) is 29.8 Å². The summed E-state index contributed by atoms with van der Waals surface area (Å²) in [7, 11) is 3.15. The van der Waals surface area contributed by atoms with Gasteiger partial charge >= 0.3 is 5.97 Å². The molecule has 0 saturated heterocycles. The summed E-state index contributed by atoms with van der Waals surface area (Å²) in [5, 5.41) is 0. The molecule has 5 heteroatoms. The van der Waals surface area contributed by atoms with Gasteiger partial charge in [-0.05, 0) is 25.0 Å². The van der Waals surface area contributed by atoms with Crippen molar-refractivity contribution in [2.24, 2.45) is 0 Å². The third-order valence-corrected chi connectivity index (χ3v) is 4.13. The van der Waals surface area contributed by atoms with Gasteiger partial charge in [-0.3, -0.25) is 4.79 Å². The van der Waals surface area contributed by atoms with E-state index in [9.17, 15) is 9.59 Å². The van der Waals surface area contributed by atoms with Gasteiger partial charge < -0.3 is 14.4 Å². The quantitative estimate of drug-likeness (QED) is 0.785. The first-order chi connectivity index (χ1) is 10.6. The number of benzene rings is 1. The van der Waals surface area contributed by atoms with Crippen LogP contribution in [0.25, 0.3) is 0 Å². The topological polar surface area (TPSA) is 55.8 Å². The molecule has 1 saturated carbocycles. The van der Waals surface area contributed by atoms with Crippen LogP contribution in [0.15, 0.2) is 24.3 Å². The highest BCUT2D eigenvalue weighted by Gasteiger charge is 2.25. The molecule has 0 atom stereocenters. The third kappa shape index (κ3) is 4.00. The molecule has 0 heterocycles. The highest BCUT2D eigenvalue weighted by Crippen LogP contribution is 2.25. The lowest BCUT2D eigenvalue weighted by Crippen LogP contribution is -2.38. The number of amides is 1. The van der Waals surface area contributed by atoms with Crippen LogP contribution in [0.4, 0.5) is 0 Å². The summed E-state index contributed by atoms with van der Waals surface area (Å²) in [4.78, 5) is 25.7. The van der Waals surface area contributed by atoms with Crippen LogP contribution in [0.3, 0.4) is 0 Å². The largest absolute Gasteiger partial charge is 0.481 e. The normalized spacial score (nSPS) is 15.2. The number of methoxy groups -OCH3 is 1. The molecule has 1 amide bonds. The Morgan fingerprint density at radius 3 is 2.55 bits per heavy atom. The van der Waals surface area contributed by atoms with Crippen LogP contribution in [0.2, 0.25) is 0 Å². The Kier molecular flexibility index (Phi) is 5.81. The van der Waals surface area contributed by atoms with Crippen LogP contribution in [-0.4, -0.2) is 43.6 Å². The Balaban J connectivity index is 2.09. The molecule has 0 spiro atoms. The Morgan fingerprint density at radius 1 is 1.18 bits per heavy atom. The number of hydrogen-bond acceptors (Lipinski definition) is 4. The zero-order valence-electron chi connectivity index (χ0n) is 13.2. The summed E-state index contributed by atoms with van der Waals surface area (Å²) in [6.07, 6.45) is 5.68. The minimum Gasteiger partial charge on any atom is -0.481 e. The Hall–Kier alpha value is -2.04. The van der Waals surface area contributed by atoms with E-state index in [1.54, 1.807) is 29.2 Å². The molecule has 1 aliphatic carbocycles. The van der Waals surface area contributed by atoms with Crippen molar-refractivity contribution >= 4 is 11.9 Å². The summed E-state index contributed by atoms with van der Waals surface area (Å²) in [5.41, 5.74) is 0.486. The third-order valence-electron chi connectivity index (χ3n) is 4.13. The van der Waals surface area contributed by atoms with E-state index in [0.29, 0.717) is 11.3 Å². The van der Waals surface area contributed by atoms with Gasteiger partial charge in [0, 0.05) is 13.1 Å². The van der Waals surface area contributed by atoms with Crippen LogP contribution in [0.5, 0.6) is 5.75 Å². The van der Waals surface area contributed by atoms with E-state index in [1.165, 1.54) is 26.4 Å². The zero-order chi connectivity index (χ0) is 15.9. The van der Waals surface area contributed by atoms with Gasteiger partial charge in [0.2, 0.25) is 0 Å². The summed E-state index contributed by atoms with van der Waals surface area (Å²) in [6, 6.07) is 7.30.